The number of pyridine rings is 1. The van der Waals surface area contributed by atoms with Crippen molar-refractivity contribution in [2.75, 3.05) is 18.0 Å². The predicted octanol–water partition coefficient (Wildman–Crippen LogP) is 1.43. The number of hydrogen-bond acceptors (Lipinski definition) is 4. The standard InChI is InChI=1S/C15H24N4O/c1-2-17-9-12-7-8-15(18-10-12)19(11-14(16)20)13-5-3-4-6-13/h7-8,10,13,17H,2-6,9,11H2,1H3,(H2,16,20). The first-order chi connectivity index (χ1) is 9.70. The maximum Gasteiger partial charge on any atom is 0.237 e. The predicted molar refractivity (Wildman–Crippen MR) is 80.4 cm³/mol. The summed E-state index contributed by atoms with van der Waals surface area (Å²) < 4.78 is 0. The molecule has 2 rings (SSSR count). The Morgan fingerprint density at radius 2 is 2.20 bits per heavy atom. The van der Waals surface area contributed by atoms with E-state index in [0.29, 0.717) is 6.04 Å². The van der Waals surface area contributed by atoms with E-state index in [0.717, 1.165) is 37.3 Å². The number of amides is 1. The van der Waals surface area contributed by atoms with Gasteiger partial charge in [0.05, 0.1) is 6.54 Å². The van der Waals surface area contributed by atoms with Gasteiger partial charge in [0.2, 0.25) is 5.91 Å². The van der Waals surface area contributed by atoms with Crippen molar-refractivity contribution in [2.24, 2.45) is 5.73 Å². The molecule has 1 aliphatic rings. The lowest BCUT2D eigenvalue weighted by Crippen LogP contribution is -2.40. The number of carbonyl (C=O) groups excluding carboxylic acids is 1. The SMILES string of the molecule is CCNCc1ccc(N(CC(N)=O)C2CCCC2)nc1. The van der Waals surface area contributed by atoms with E-state index in [-0.39, 0.29) is 12.5 Å². The van der Waals surface area contributed by atoms with Gasteiger partial charge in [0.25, 0.3) is 0 Å². The van der Waals surface area contributed by atoms with Crippen LogP contribution in [-0.4, -0.2) is 30.0 Å². The summed E-state index contributed by atoms with van der Waals surface area (Å²) in [6, 6.07) is 4.46. The molecule has 1 fully saturated rings. The van der Waals surface area contributed by atoms with Crippen LogP contribution in [0.2, 0.25) is 0 Å². The lowest BCUT2D eigenvalue weighted by atomic mass is 10.2. The Labute approximate surface area is 120 Å². The molecule has 5 heteroatoms. The van der Waals surface area contributed by atoms with Crippen molar-refractivity contribution in [2.45, 2.75) is 45.2 Å². The molecule has 1 aromatic rings. The molecule has 1 aromatic heterocycles. The van der Waals surface area contributed by atoms with Crippen molar-refractivity contribution < 1.29 is 4.79 Å². The maximum absolute atomic E-state index is 11.3. The minimum Gasteiger partial charge on any atom is -0.368 e. The highest BCUT2D eigenvalue weighted by Crippen LogP contribution is 2.26. The summed E-state index contributed by atoms with van der Waals surface area (Å²) in [6.07, 6.45) is 6.56. The van der Waals surface area contributed by atoms with E-state index in [9.17, 15) is 4.79 Å². The molecular formula is C15H24N4O. The fourth-order valence-electron chi connectivity index (χ4n) is 2.74. The van der Waals surface area contributed by atoms with Crippen LogP contribution in [0, 0.1) is 0 Å². The van der Waals surface area contributed by atoms with Crippen LogP contribution in [0.1, 0.15) is 38.2 Å². The second-order valence-corrected chi connectivity index (χ2v) is 5.34. The van der Waals surface area contributed by atoms with Gasteiger partial charge in [-0.3, -0.25) is 4.79 Å². The summed E-state index contributed by atoms with van der Waals surface area (Å²) in [4.78, 5) is 17.9. The molecule has 1 saturated carbocycles. The Morgan fingerprint density at radius 3 is 2.75 bits per heavy atom. The molecule has 0 spiro atoms. The number of hydrogen-bond donors (Lipinski definition) is 2. The smallest absolute Gasteiger partial charge is 0.237 e. The quantitative estimate of drug-likeness (QED) is 0.790. The number of nitrogens with zero attached hydrogens (tertiary/aromatic N) is 2. The van der Waals surface area contributed by atoms with Crippen LogP contribution >= 0.6 is 0 Å². The third kappa shape index (κ3) is 3.93. The lowest BCUT2D eigenvalue weighted by molar-refractivity contribution is -0.116. The molecule has 3 N–H and O–H groups in total. The molecule has 1 heterocycles. The molecule has 0 aromatic carbocycles. The molecule has 0 bridgehead atoms. The molecule has 0 saturated heterocycles. The number of carbonyl (C=O) groups is 1. The van der Waals surface area contributed by atoms with Crippen LogP contribution in [0.4, 0.5) is 5.82 Å². The van der Waals surface area contributed by atoms with Crippen LogP contribution in [-0.2, 0) is 11.3 Å². The number of rotatable bonds is 7. The van der Waals surface area contributed by atoms with E-state index in [2.05, 4.69) is 28.2 Å². The number of aromatic nitrogens is 1. The Morgan fingerprint density at radius 1 is 1.45 bits per heavy atom. The van der Waals surface area contributed by atoms with E-state index < -0.39 is 0 Å². The van der Waals surface area contributed by atoms with Crippen LogP contribution in [0.3, 0.4) is 0 Å². The highest BCUT2D eigenvalue weighted by atomic mass is 16.1. The second kappa shape index (κ2) is 7.24. The van der Waals surface area contributed by atoms with Crippen LogP contribution in [0.25, 0.3) is 0 Å². The maximum atomic E-state index is 11.3. The Bertz CT molecular complexity index is 426. The molecule has 1 amide bonds. The molecular weight excluding hydrogens is 252 g/mol. The van der Waals surface area contributed by atoms with Crippen molar-refractivity contribution in [1.82, 2.24) is 10.3 Å². The zero-order valence-corrected chi connectivity index (χ0v) is 12.1. The van der Waals surface area contributed by atoms with Gasteiger partial charge in [0.1, 0.15) is 5.82 Å². The van der Waals surface area contributed by atoms with Crippen molar-refractivity contribution >= 4 is 11.7 Å². The van der Waals surface area contributed by atoms with Gasteiger partial charge in [-0.05, 0) is 31.0 Å². The Hall–Kier alpha value is -1.62. The average molecular weight is 276 g/mol. The number of primary amides is 1. The average Bonchev–Trinajstić information content (AvgIpc) is 2.97. The van der Waals surface area contributed by atoms with E-state index in [1.165, 1.54) is 12.8 Å². The largest absolute Gasteiger partial charge is 0.368 e. The van der Waals surface area contributed by atoms with Crippen LogP contribution in [0.5, 0.6) is 0 Å². The lowest BCUT2D eigenvalue weighted by Gasteiger charge is -2.28. The summed E-state index contributed by atoms with van der Waals surface area (Å²) >= 11 is 0. The monoisotopic (exact) mass is 276 g/mol. The van der Waals surface area contributed by atoms with Crippen molar-refractivity contribution in [1.29, 1.82) is 0 Å². The summed E-state index contributed by atoms with van der Waals surface area (Å²) in [5.74, 6) is 0.561. The minimum atomic E-state index is -0.296. The molecule has 0 aliphatic heterocycles. The number of nitrogens with two attached hydrogens (primary N) is 1. The molecule has 110 valence electrons. The first kappa shape index (κ1) is 14.8. The van der Waals surface area contributed by atoms with Crippen LogP contribution < -0.4 is 16.0 Å². The van der Waals surface area contributed by atoms with Gasteiger partial charge in [-0.2, -0.15) is 0 Å². The van der Waals surface area contributed by atoms with E-state index >= 15 is 0 Å². The summed E-state index contributed by atoms with van der Waals surface area (Å²) in [6.45, 7) is 4.10. The molecule has 0 radical (unpaired) electrons. The van der Waals surface area contributed by atoms with E-state index in [1.54, 1.807) is 0 Å². The fourth-order valence-corrected chi connectivity index (χ4v) is 2.74. The van der Waals surface area contributed by atoms with E-state index in [1.807, 2.05) is 12.3 Å². The summed E-state index contributed by atoms with van der Waals surface area (Å²) in [5, 5.41) is 3.27. The first-order valence-corrected chi connectivity index (χ1v) is 7.41. The molecule has 20 heavy (non-hydrogen) atoms. The Kier molecular flexibility index (Phi) is 5.35. The third-order valence-corrected chi connectivity index (χ3v) is 3.77. The van der Waals surface area contributed by atoms with Crippen molar-refractivity contribution in [3.8, 4) is 0 Å². The summed E-state index contributed by atoms with van der Waals surface area (Å²) in [5.41, 5.74) is 6.53. The van der Waals surface area contributed by atoms with Gasteiger partial charge in [0, 0.05) is 18.8 Å². The number of nitrogens with one attached hydrogen (secondary N) is 1. The molecule has 5 nitrogen and oxygen atoms in total. The molecule has 1 aliphatic carbocycles. The topological polar surface area (TPSA) is 71.2 Å². The van der Waals surface area contributed by atoms with Gasteiger partial charge in [-0.15, -0.1) is 0 Å². The normalized spacial score (nSPS) is 15.4. The van der Waals surface area contributed by atoms with Gasteiger partial charge in [0.15, 0.2) is 0 Å². The van der Waals surface area contributed by atoms with Crippen molar-refractivity contribution in [3.05, 3.63) is 23.9 Å². The van der Waals surface area contributed by atoms with Gasteiger partial charge in [-0.25, -0.2) is 4.98 Å². The van der Waals surface area contributed by atoms with Gasteiger partial charge in [-0.1, -0.05) is 25.8 Å². The third-order valence-electron chi connectivity index (χ3n) is 3.77. The molecule has 0 unspecified atom stereocenters. The van der Waals surface area contributed by atoms with Gasteiger partial charge >= 0.3 is 0 Å². The Balaban J connectivity index is 2.09. The van der Waals surface area contributed by atoms with E-state index in [4.69, 9.17) is 5.73 Å². The second-order valence-electron chi connectivity index (χ2n) is 5.34. The zero-order valence-electron chi connectivity index (χ0n) is 12.1. The fraction of sp³-hybridized carbons (Fsp3) is 0.600. The first-order valence-electron chi connectivity index (χ1n) is 7.41. The van der Waals surface area contributed by atoms with Crippen LogP contribution in [0.15, 0.2) is 18.3 Å². The van der Waals surface area contributed by atoms with Crippen molar-refractivity contribution in [3.63, 3.8) is 0 Å². The highest BCUT2D eigenvalue weighted by molar-refractivity contribution is 5.79. The zero-order chi connectivity index (χ0) is 14.4. The summed E-state index contributed by atoms with van der Waals surface area (Å²) in [7, 11) is 0. The molecule has 0 atom stereocenters. The minimum absolute atomic E-state index is 0.254. The number of anilines is 1. The highest BCUT2D eigenvalue weighted by Gasteiger charge is 2.24. The van der Waals surface area contributed by atoms with Gasteiger partial charge < -0.3 is 16.0 Å².